The summed E-state index contributed by atoms with van der Waals surface area (Å²) in [7, 11) is 0. The van der Waals surface area contributed by atoms with Gasteiger partial charge in [0, 0.05) is 19.3 Å². The van der Waals surface area contributed by atoms with Gasteiger partial charge in [0.05, 0.1) is 0 Å². The van der Waals surface area contributed by atoms with E-state index in [9.17, 15) is 14.4 Å². The Morgan fingerprint density at radius 2 is 0.519 bits per heavy atom. The van der Waals surface area contributed by atoms with Crippen LogP contribution in [-0.4, -0.2) is 37.2 Å². The molecule has 6 heteroatoms. The second-order valence-corrected chi connectivity index (χ2v) is 20.9. The first-order chi connectivity index (χ1) is 38.0. The lowest BCUT2D eigenvalue weighted by Crippen LogP contribution is -2.30. The van der Waals surface area contributed by atoms with Crippen molar-refractivity contribution >= 4 is 17.9 Å². The minimum Gasteiger partial charge on any atom is -0.462 e. The van der Waals surface area contributed by atoms with Crippen molar-refractivity contribution in [3.05, 3.63) is 122 Å². The van der Waals surface area contributed by atoms with E-state index in [2.05, 4.69) is 142 Å². The van der Waals surface area contributed by atoms with Crippen LogP contribution >= 0.6 is 0 Å². The van der Waals surface area contributed by atoms with E-state index in [0.29, 0.717) is 19.3 Å². The number of hydrogen-bond acceptors (Lipinski definition) is 6. The summed E-state index contributed by atoms with van der Waals surface area (Å²) >= 11 is 0. The molecule has 0 N–H and O–H groups in total. The van der Waals surface area contributed by atoms with Crippen LogP contribution < -0.4 is 0 Å². The summed E-state index contributed by atoms with van der Waals surface area (Å²) in [6.07, 6.45) is 89.2. The van der Waals surface area contributed by atoms with Gasteiger partial charge in [-0.2, -0.15) is 0 Å². The number of carbonyl (C=O) groups is 3. The molecule has 0 fully saturated rings. The van der Waals surface area contributed by atoms with Crippen molar-refractivity contribution in [1.29, 1.82) is 0 Å². The standard InChI is InChI=1S/C71H118O6/c1-4-7-10-13-16-19-22-25-28-30-31-32-33-34-35-36-37-38-39-40-41-42-44-46-49-52-55-58-61-64-70(73)76-67-68(66-75-69(72)63-60-57-54-51-48-45-27-24-21-18-15-12-9-6-3)77-71(74)65-62-59-56-53-50-47-43-29-26-23-20-17-14-11-8-5-2/h7,10,16,19,25,28-29,31-32,34-35,37-38,40-41,43-44,46,52,55,68H,4-6,8-9,11-15,17-18,20-24,26-27,30,33,36,39,42,45,47-51,53-54,56-67H2,1-3H3/b10-7-,19-16-,28-25-,32-31-,35-34-,38-37-,41-40-,43-29-,46-44-,55-52-. The van der Waals surface area contributed by atoms with Crippen molar-refractivity contribution in [2.24, 2.45) is 0 Å². The molecule has 0 saturated heterocycles. The first kappa shape index (κ1) is 72.8. The van der Waals surface area contributed by atoms with Gasteiger partial charge in [-0.1, -0.05) is 284 Å². The number of rotatable bonds is 57. The van der Waals surface area contributed by atoms with Crippen molar-refractivity contribution in [3.8, 4) is 0 Å². The zero-order valence-corrected chi connectivity index (χ0v) is 50.2. The van der Waals surface area contributed by atoms with E-state index in [1.54, 1.807) is 0 Å². The fourth-order valence-electron chi connectivity index (χ4n) is 8.67. The second-order valence-electron chi connectivity index (χ2n) is 20.9. The van der Waals surface area contributed by atoms with E-state index >= 15 is 0 Å². The summed E-state index contributed by atoms with van der Waals surface area (Å²) < 4.78 is 16.9. The van der Waals surface area contributed by atoms with Crippen molar-refractivity contribution in [2.75, 3.05) is 13.2 Å². The van der Waals surface area contributed by atoms with Crippen LogP contribution in [0.5, 0.6) is 0 Å². The first-order valence-electron chi connectivity index (χ1n) is 32.0. The van der Waals surface area contributed by atoms with Gasteiger partial charge in [-0.15, -0.1) is 0 Å². The highest BCUT2D eigenvalue weighted by Gasteiger charge is 2.19. The van der Waals surface area contributed by atoms with E-state index in [1.165, 1.54) is 128 Å². The molecule has 6 nitrogen and oxygen atoms in total. The summed E-state index contributed by atoms with van der Waals surface area (Å²) in [5.41, 5.74) is 0. The van der Waals surface area contributed by atoms with Gasteiger partial charge in [-0.05, 0) is 109 Å². The third kappa shape index (κ3) is 62.5. The molecule has 1 atom stereocenters. The van der Waals surface area contributed by atoms with Gasteiger partial charge >= 0.3 is 17.9 Å². The Labute approximate surface area is 475 Å². The summed E-state index contributed by atoms with van der Waals surface area (Å²) in [6, 6.07) is 0. The smallest absolute Gasteiger partial charge is 0.306 e. The molecule has 0 aromatic carbocycles. The number of unbranched alkanes of at least 4 members (excludes halogenated alkanes) is 26. The summed E-state index contributed by atoms with van der Waals surface area (Å²) in [5, 5.41) is 0. The summed E-state index contributed by atoms with van der Waals surface area (Å²) in [4.78, 5) is 38.3. The van der Waals surface area contributed by atoms with Crippen LogP contribution in [0.4, 0.5) is 0 Å². The van der Waals surface area contributed by atoms with Crippen molar-refractivity contribution in [2.45, 2.75) is 297 Å². The molecule has 0 saturated carbocycles. The van der Waals surface area contributed by atoms with E-state index in [-0.39, 0.29) is 37.5 Å². The molecule has 0 heterocycles. The minimum atomic E-state index is -0.808. The molecule has 438 valence electrons. The van der Waals surface area contributed by atoms with Crippen LogP contribution in [0.15, 0.2) is 122 Å². The fourth-order valence-corrected chi connectivity index (χ4v) is 8.67. The normalized spacial score (nSPS) is 12.9. The van der Waals surface area contributed by atoms with Gasteiger partial charge < -0.3 is 14.2 Å². The zero-order chi connectivity index (χ0) is 55.7. The number of esters is 3. The predicted octanol–water partition coefficient (Wildman–Crippen LogP) is 22.0. The summed E-state index contributed by atoms with van der Waals surface area (Å²) in [5.74, 6) is -0.964. The maximum absolute atomic E-state index is 12.9. The molecule has 0 amide bonds. The van der Waals surface area contributed by atoms with E-state index in [0.717, 1.165) is 116 Å². The Bertz CT molecular complexity index is 1600. The molecule has 0 aliphatic rings. The maximum Gasteiger partial charge on any atom is 0.306 e. The number of allylic oxidation sites excluding steroid dienone is 20. The molecule has 0 aromatic heterocycles. The Balaban J connectivity index is 4.44. The van der Waals surface area contributed by atoms with Crippen LogP contribution in [0.2, 0.25) is 0 Å². The molecular formula is C71H118O6. The fraction of sp³-hybridized carbons (Fsp3) is 0.676. The monoisotopic (exact) mass is 1070 g/mol. The van der Waals surface area contributed by atoms with E-state index in [1.807, 2.05) is 0 Å². The van der Waals surface area contributed by atoms with Crippen LogP contribution in [0, 0.1) is 0 Å². The highest BCUT2D eigenvalue weighted by Crippen LogP contribution is 2.15. The average Bonchev–Trinajstić information content (AvgIpc) is 3.43. The molecule has 0 bridgehead atoms. The van der Waals surface area contributed by atoms with Gasteiger partial charge in [0.2, 0.25) is 0 Å². The van der Waals surface area contributed by atoms with Crippen molar-refractivity contribution in [1.82, 2.24) is 0 Å². The molecular weight excluding hydrogens is 949 g/mol. The van der Waals surface area contributed by atoms with E-state index in [4.69, 9.17) is 14.2 Å². The van der Waals surface area contributed by atoms with Crippen molar-refractivity contribution < 1.29 is 28.6 Å². The van der Waals surface area contributed by atoms with Gasteiger partial charge in [-0.3, -0.25) is 14.4 Å². The number of carbonyl (C=O) groups excluding carboxylic acids is 3. The lowest BCUT2D eigenvalue weighted by Gasteiger charge is -2.18. The first-order valence-corrected chi connectivity index (χ1v) is 32.0. The lowest BCUT2D eigenvalue weighted by molar-refractivity contribution is -0.167. The molecule has 0 aliphatic heterocycles. The molecule has 0 rings (SSSR count). The molecule has 77 heavy (non-hydrogen) atoms. The minimum absolute atomic E-state index is 0.0988. The van der Waals surface area contributed by atoms with Gasteiger partial charge in [0.15, 0.2) is 6.10 Å². The van der Waals surface area contributed by atoms with Gasteiger partial charge in [0.1, 0.15) is 13.2 Å². The SMILES string of the molecule is CC/C=C\C/C=C\C/C=C\C/C=C\C/C=C\C/C=C\C/C=C\C/C=C\C/C=C\CCCC(=O)OCC(COC(=O)CCCCCCCCCCCCCCCC)OC(=O)CCCCCCC/C=C\CCCCCCCCC. The Morgan fingerprint density at radius 1 is 0.273 bits per heavy atom. The highest BCUT2D eigenvalue weighted by atomic mass is 16.6. The topological polar surface area (TPSA) is 78.9 Å². The molecule has 1 unspecified atom stereocenters. The molecule has 0 aromatic rings. The highest BCUT2D eigenvalue weighted by molar-refractivity contribution is 5.71. The van der Waals surface area contributed by atoms with Crippen molar-refractivity contribution in [3.63, 3.8) is 0 Å². The van der Waals surface area contributed by atoms with Gasteiger partial charge in [-0.25, -0.2) is 0 Å². The summed E-state index contributed by atoms with van der Waals surface area (Å²) in [6.45, 7) is 6.49. The second kappa shape index (κ2) is 64.3. The Morgan fingerprint density at radius 3 is 0.857 bits per heavy atom. The molecule has 0 radical (unpaired) electrons. The largest absolute Gasteiger partial charge is 0.462 e. The average molecular weight is 1070 g/mol. The van der Waals surface area contributed by atoms with Gasteiger partial charge in [0.25, 0.3) is 0 Å². The quantitative estimate of drug-likeness (QED) is 0.0261. The third-order valence-electron chi connectivity index (χ3n) is 13.5. The van der Waals surface area contributed by atoms with Crippen LogP contribution in [0.25, 0.3) is 0 Å². The molecule has 0 aliphatic carbocycles. The van der Waals surface area contributed by atoms with Crippen LogP contribution in [0.3, 0.4) is 0 Å². The predicted molar refractivity (Wildman–Crippen MR) is 334 cm³/mol. The maximum atomic E-state index is 12.9. The number of ether oxygens (including phenoxy) is 3. The molecule has 0 spiro atoms. The van der Waals surface area contributed by atoms with Crippen LogP contribution in [0.1, 0.15) is 290 Å². The Hall–Kier alpha value is -4.19. The third-order valence-corrected chi connectivity index (χ3v) is 13.5. The van der Waals surface area contributed by atoms with E-state index < -0.39 is 6.10 Å². The lowest BCUT2D eigenvalue weighted by atomic mass is 10.0. The zero-order valence-electron chi connectivity index (χ0n) is 50.2. The number of hydrogen-bond donors (Lipinski definition) is 0. The van der Waals surface area contributed by atoms with Crippen LogP contribution in [-0.2, 0) is 28.6 Å². The Kier molecular flexibility index (Phi) is 60.8.